The summed E-state index contributed by atoms with van der Waals surface area (Å²) in [4.78, 5) is 0. The molecule has 3 aromatic carbocycles. The third-order valence-corrected chi connectivity index (χ3v) is 8.48. The lowest BCUT2D eigenvalue weighted by molar-refractivity contribution is -0.325. The van der Waals surface area contributed by atoms with E-state index >= 15 is 0 Å². The number of alkyl halides is 2. The molecule has 1 aliphatic heterocycles. The summed E-state index contributed by atoms with van der Waals surface area (Å²) in [5.41, 5.74) is 1.49. The first-order valence-electron chi connectivity index (χ1n) is 15.0. The summed E-state index contributed by atoms with van der Waals surface area (Å²) in [7, 11) is 0. The van der Waals surface area contributed by atoms with Gasteiger partial charge in [0.2, 0.25) is 0 Å². The maximum atomic E-state index is 14.9. The molecule has 232 valence electrons. The molecule has 1 saturated heterocycles. The molecule has 0 atom stereocenters. The highest BCUT2D eigenvalue weighted by atomic mass is 19.3. The molecule has 2 fully saturated rings. The molecule has 3 aromatic rings. The summed E-state index contributed by atoms with van der Waals surface area (Å²) >= 11 is 0. The summed E-state index contributed by atoms with van der Waals surface area (Å²) in [6.45, 7) is 2.10. The van der Waals surface area contributed by atoms with Gasteiger partial charge in [-0.25, -0.2) is 17.6 Å². The van der Waals surface area contributed by atoms with E-state index in [9.17, 15) is 26.3 Å². The average molecular weight is 607 g/mol. The predicted octanol–water partition coefficient (Wildman–Crippen LogP) is 9.42. The van der Waals surface area contributed by atoms with Crippen LogP contribution in [-0.2, 0) is 26.7 Å². The molecule has 1 heterocycles. The van der Waals surface area contributed by atoms with Crippen molar-refractivity contribution in [1.29, 1.82) is 0 Å². The van der Waals surface area contributed by atoms with Gasteiger partial charge < -0.3 is 14.2 Å². The van der Waals surface area contributed by atoms with E-state index in [4.69, 9.17) is 14.2 Å². The normalized spacial score (nSPS) is 23.0. The first kappa shape index (κ1) is 31.5. The number of aryl methyl sites for hydroxylation is 1. The predicted molar refractivity (Wildman–Crippen MR) is 151 cm³/mol. The molecule has 3 nitrogen and oxygen atoms in total. The lowest BCUT2D eigenvalue weighted by Gasteiger charge is -2.38. The molecule has 1 aliphatic carbocycles. The Bertz CT molecular complexity index is 1340. The maximum Gasteiger partial charge on any atom is 0.383 e. The second-order valence-corrected chi connectivity index (χ2v) is 11.6. The fourth-order valence-electron chi connectivity index (χ4n) is 6.02. The van der Waals surface area contributed by atoms with E-state index in [-0.39, 0.29) is 41.7 Å². The highest BCUT2D eigenvalue weighted by molar-refractivity contribution is 5.65. The van der Waals surface area contributed by atoms with Crippen molar-refractivity contribution in [3.05, 3.63) is 94.6 Å². The summed E-state index contributed by atoms with van der Waals surface area (Å²) in [5, 5.41) is 0. The summed E-state index contributed by atoms with van der Waals surface area (Å²) in [6.07, 6.45) is 2.14. The van der Waals surface area contributed by atoms with Crippen molar-refractivity contribution in [2.45, 2.75) is 82.7 Å². The largest absolute Gasteiger partial charge is 0.383 e. The van der Waals surface area contributed by atoms with Crippen LogP contribution in [0.15, 0.2) is 54.6 Å². The molecule has 1 saturated carbocycles. The Morgan fingerprint density at radius 1 is 0.791 bits per heavy atom. The van der Waals surface area contributed by atoms with Gasteiger partial charge in [0.1, 0.15) is 11.9 Å². The van der Waals surface area contributed by atoms with Crippen LogP contribution >= 0.6 is 0 Å². The second kappa shape index (κ2) is 13.8. The van der Waals surface area contributed by atoms with Crippen LogP contribution in [0.2, 0.25) is 0 Å². The SMILES string of the molecule is CCCCCc1ccc(C(F)(F)OC2COC(C3CCC(c4ccc(-c5cc(F)c(F)c(F)c5)c(F)c4)CC3)OC2)cc1. The topological polar surface area (TPSA) is 27.7 Å². The van der Waals surface area contributed by atoms with Crippen LogP contribution in [0.4, 0.5) is 26.3 Å². The minimum absolute atomic E-state index is 0.00741. The monoisotopic (exact) mass is 606 g/mol. The van der Waals surface area contributed by atoms with Crippen LogP contribution in [0.5, 0.6) is 0 Å². The number of hydrogen-bond donors (Lipinski definition) is 0. The molecule has 0 aromatic heterocycles. The average Bonchev–Trinajstić information content (AvgIpc) is 3.00. The Morgan fingerprint density at radius 2 is 1.44 bits per heavy atom. The van der Waals surface area contributed by atoms with E-state index in [1.54, 1.807) is 18.2 Å². The van der Waals surface area contributed by atoms with E-state index in [0.717, 1.165) is 74.6 Å². The molecule has 0 amide bonds. The molecule has 43 heavy (non-hydrogen) atoms. The smallest absolute Gasteiger partial charge is 0.350 e. The van der Waals surface area contributed by atoms with Crippen molar-refractivity contribution in [3.8, 4) is 11.1 Å². The third kappa shape index (κ3) is 7.62. The van der Waals surface area contributed by atoms with Crippen LogP contribution < -0.4 is 0 Å². The van der Waals surface area contributed by atoms with Gasteiger partial charge in [-0.3, -0.25) is 0 Å². The fraction of sp³-hybridized carbons (Fsp3) is 0.471. The number of unbranched alkanes of at least 4 members (excludes halogenated alkanes) is 2. The highest BCUT2D eigenvalue weighted by Crippen LogP contribution is 2.40. The second-order valence-electron chi connectivity index (χ2n) is 11.6. The number of benzene rings is 3. The standard InChI is InChI=1S/C34H36F6O3/c1-2-3-4-5-21-6-13-26(14-7-21)34(39,40)43-27-19-41-33(42-20-27)23-10-8-22(9-11-23)24-12-15-28(29(35)16-24)25-17-30(36)32(38)31(37)18-25/h6-7,12-18,22-23,27,33H,2-5,8-11,19-20H2,1H3. The Kier molecular flexibility index (Phi) is 10.1. The zero-order chi connectivity index (χ0) is 30.6. The molecule has 0 radical (unpaired) electrons. The molecular weight excluding hydrogens is 570 g/mol. The Labute approximate surface area is 248 Å². The quantitative estimate of drug-likeness (QED) is 0.131. The minimum Gasteiger partial charge on any atom is -0.350 e. The molecule has 9 heteroatoms. The molecule has 0 N–H and O–H groups in total. The van der Waals surface area contributed by atoms with Gasteiger partial charge >= 0.3 is 6.11 Å². The lowest BCUT2D eigenvalue weighted by atomic mass is 9.78. The van der Waals surface area contributed by atoms with Crippen molar-refractivity contribution in [2.75, 3.05) is 13.2 Å². The fourth-order valence-corrected chi connectivity index (χ4v) is 6.02. The highest BCUT2D eigenvalue weighted by Gasteiger charge is 2.40. The first-order valence-corrected chi connectivity index (χ1v) is 15.0. The summed E-state index contributed by atoms with van der Waals surface area (Å²) in [6, 6.07) is 12.3. The van der Waals surface area contributed by atoms with Crippen molar-refractivity contribution < 1.29 is 40.6 Å². The summed E-state index contributed by atoms with van der Waals surface area (Å²) < 4.78 is 102. The van der Waals surface area contributed by atoms with Crippen molar-refractivity contribution in [3.63, 3.8) is 0 Å². The maximum absolute atomic E-state index is 14.9. The van der Waals surface area contributed by atoms with Gasteiger partial charge in [0.05, 0.1) is 18.8 Å². The zero-order valence-electron chi connectivity index (χ0n) is 24.1. The molecule has 2 aliphatic rings. The van der Waals surface area contributed by atoms with E-state index in [1.807, 2.05) is 0 Å². The van der Waals surface area contributed by atoms with Crippen LogP contribution in [0.1, 0.15) is 74.5 Å². The van der Waals surface area contributed by atoms with Crippen LogP contribution in [0, 0.1) is 29.2 Å². The Balaban J connectivity index is 1.10. The van der Waals surface area contributed by atoms with Gasteiger partial charge in [0.25, 0.3) is 0 Å². The molecular formula is C34H36F6O3. The number of hydrogen-bond acceptors (Lipinski definition) is 3. The van der Waals surface area contributed by atoms with Crippen molar-refractivity contribution >= 4 is 0 Å². The Morgan fingerprint density at radius 3 is 2.05 bits per heavy atom. The third-order valence-electron chi connectivity index (χ3n) is 8.48. The number of halogens is 6. The van der Waals surface area contributed by atoms with Gasteiger partial charge in [0.15, 0.2) is 23.7 Å². The molecule has 0 unspecified atom stereocenters. The van der Waals surface area contributed by atoms with E-state index < -0.39 is 41.8 Å². The van der Waals surface area contributed by atoms with Gasteiger partial charge in [-0.2, -0.15) is 8.78 Å². The van der Waals surface area contributed by atoms with Crippen LogP contribution in [0.3, 0.4) is 0 Å². The minimum atomic E-state index is -3.46. The molecule has 0 spiro atoms. The first-order chi connectivity index (χ1) is 20.6. The van der Waals surface area contributed by atoms with E-state index in [0.29, 0.717) is 0 Å². The number of ether oxygens (including phenoxy) is 3. The van der Waals surface area contributed by atoms with E-state index in [1.165, 1.54) is 24.3 Å². The van der Waals surface area contributed by atoms with Crippen molar-refractivity contribution in [2.24, 2.45) is 5.92 Å². The van der Waals surface area contributed by atoms with Crippen LogP contribution in [0.25, 0.3) is 11.1 Å². The zero-order valence-corrected chi connectivity index (χ0v) is 24.1. The van der Waals surface area contributed by atoms with Gasteiger partial charge in [0, 0.05) is 11.5 Å². The molecule has 0 bridgehead atoms. The number of rotatable bonds is 10. The van der Waals surface area contributed by atoms with Gasteiger partial charge in [-0.15, -0.1) is 0 Å². The van der Waals surface area contributed by atoms with E-state index in [2.05, 4.69) is 6.92 Å². The Hall–Kier alpha value is -2.88. The van der Waals surface area contributed by atoms with Crippen LogP contribution in [-0.4, -0.2) is 25.6 Å². The van der Waals surface area contributed by atoms with Gasteiger partial charge in [-0.05, 0) is 79.3 Å². The molecule has 5 rings (SSSR count). The van der Waals surface area contributed by atoms with Crippen molar-refractivity contribution in [1.82, 2.24) is 0 Å². The lowest BCUT2D eigenvalue weighted by Crippen LogP contribution is -2.43. The summed E-state index contributed by atoms with van der Waals surface area (Å²) in [5.74, 6) is -4.86. The van der Waals surface area contributed by atoms with Gasteiger partial charge in [-0.1, -0.05) is 56.2 Å².